The molecule has 0 spiro atoms. The molecule has 0 bridgehead atoms. The molecule has 0 aliphatic carbocycles. The molecule has 45 heavy (non-hydrogen) atoms. The Labute approximate surface area is 277 Å². The van der Waals surface area contributed by atoms with Crippen molar-refractivity contribution in [1.82, 2.24) is 10.2 Å². The number of ether oxygens (including phenoxy) is 2. The molecule has 0 fully saturated rings. The molecule has 0 heterocycles. The maximum absolute atomic E-state index is 12.5. The molecule has 268 valence electrons. The second-order valence-electron chi connectivity index (χ2n) is 14.0. The van der Waals surface area contributed by atoms with Crippen LogP contribution in [-0.2, 0) is 14.3 Å². The van der Waals surface area contributed by atoms with Gasteiger partial charge in [-0.05, 0) is 66.3 Å². The van der Waals surface area contributed by atoms with E-state index in [1.54, 1.807) is 27.7 Å². The third kappa shape index (κ3) is 28.6. The number of amides is 1. The predicted octanol–water partition coefficient (Wildman–Crippen LogP) is 8.70. The standard InChI is InChI=1S/C37H74N2O6/c1-7-10-12-14-16-18-20-22-26-32(40)30-39(31-33(41)27-23-21-19-17-15-13-11-8-2)29-25-24-28-34(35(42)44-9-3)38-36(43)45-37(4,5)6/h32-34,40-41H,7-31H2,1-6H3,(H,38,43). The topological polar surface area (TPSA) is 108 Å². The van der Waals surface area contributed by atoms with Crippen molar-refractivity contribution in [2.45, 2.75) is 200 Å². The number of unbranched alkanes of at least 4 members (excludes halogenated alkanes) is 15. The zero-order chi connectivity index (χ0) is 33.8. The minimum atomic E-state index is -0.770. The largest absolute Gasteiger partial charge is 0.464 e. The van der Waals surface area contributed by atoms with Crippen molar-refractivity contribution in [1.29, 1.82) is 0 Å². The van der Waals surface area contributed by atoms with Crippen molar-refractivity contribution in [2.75, 3.05) is 26.2 Å². The molecule has 0 aromatic heterocycles. The van der Waals surface area contributed by atoms with E-state index in [0.29, 0.717) is 32.5 Å². The molecule has 1 amide bonds. The van der Waals surface area contributed by atoms with Gasteiger partial charge in [-0.3, -0.25) is 4.90 Å². The van der Waals surface area contributed by atoms with Gasteiger partial charge >= 0.3 is 12.1 Å². The highest BCUT2D eigenvalue weighted by atomic mass is 16.6. The Hall–Kier alpha value is -1.38. The molecular formula is C37H74N2O6. The zero-order valence-electron chi connectivity index (χ0n) is 30.4. The van der Waals surface area contributed by atoms with E-state index in [-0.39, 0.29) is 6.61 Å². The minimum Gasteiger partial charge on any atom is -0.464 e. The molecule has 0 saturated carbocycles. The van der Waals surface area contributed by atoms with Crippen molar-refractivity contribution in [3.8, 4) is 0 Å². The Morgan fingerprint density at radius 1 is 0.644 bits per heavy atom. The van der Waals surface area contributed by atoms with Crippen LogP contribution >= 0.6 is 0 Å². The summed E-state index contributed by atoms with van der Waals surface area (Å²) in [6, 6.07) is -0.770. The number of aliphatic hydroxyl groups is 2. The fourth-order valence-electron chi connectivity index (χ4n) is 5.69. The molecule has 0 rings (SSSR count). The second kappa shape index (κ2) is 28.8. The molecule has 3 atom stereocenters. The lowest BCUT2D eigenvalue weighted by Crippen LogP contribution is -2.44. The first-order valence-electron chi connectivity index (χ1n) is 18.8. The molecule has 8 heteroatoms. The molecule has 0 aromatic rings. The summed E-state index contributed by atoms with van der Waals surface area (Å²) in [4.78, 5) is 27.0. The van der Waals surface area contributed by atoms with Crippen LogP contribution in [-0.4, -0.2) is 77.3 Å². The van der Waals surface area contributed by atoms with Gasteiger partial charge in [0.1, 0.15) is 11.6 Å². The fraction of sp³-hybridized carbons (Fsp3) is 0.946. The van der Waals surface area contributed by atoms with E-state index >= 15 is 0 Å². The van der Waals surface area contributed by atoms with Gasteiger partial charge in [-0.15, -0.1) is 0 Å². The smallest absolute Gasteiger partial charge is 0.408 e. The lowest BCUT2D eigenvalue weighted by Gasteiger charge is -2.28. The minimum absolute atomic E-state index is 0.243. The normalized spacial score (nSPS) is 13.9. The number of esters is 1. The maximum Gasteiger partial charge on any atom is 0.408 e. The van der Waals surface area contributed by atoms with Crippen LogP contribution in [0.25, 0.3) is 0 Å². The number of carbonyl (C=O) groups is 2. The molecule has 3 N–H and O–H groups in total. The van der Waals surface area contributed by atoms with Gasteiger partial charge in [-0.1, -0.05) is 117 Å². The fourth-order valence-corrected chi connectivity index (χ4v) is 5.69. The van der Waals surface area contributed by atoms with Crippen molar-refractivity contribution in [3.63, 3.8) is 0 Å². The summed E-state index contributed by atoms with van der Waals surface area (Å²) in [5.74, 6) is -0.457. The SMILES string of the molecule is CCCCCCCCCCC(O)CN(CCCCC(NC(=O)OC(C)(C)C)C(=O)OCC)CC(O)CCCCCCCCCC. The van der Waals surface area contributed by atoms with Crippen LogP contribution in [0, 0.1) is 0 Å². The zero-order valence-corrected chi connectivity index (χ0v) is 30.4. The molecule has 0 radical (unpaired) electrons. The van der Waals surface area contributed by atoms with Crippen molar-refractivity contribution in [3.05, 3.63) is 0 Å². The van der Waals surface area contributed by atoms with Gasteiger partial charge in [0.05, 0.1) is 18.8 Å². The maximum atomic E-state index is 12.5. The number of carbonyl (C=O) groups excluding carboxylic acids is 2. The van der Waals surface area contributed by atoms with Crippen LogP contribution in [0.1, 0.15) is 176 Å². The van der Waals surface area contributed by atoms with E-state index in [2.05, 4.69) is 24.1 Å². The van der Waals surface area contributed by atoms with E-state index in [1.807, 2.05) is 0 Å². The summed E-state index contributed by atoms with van der Waals surface area (Å²) in [6.45, 7) is 13.6. The van der Waals surface area contributed by atoms with E-state index in [9.17, 15) is 19.8 Å². The van der Waals surface area contributed by atoms with Crippen molar-refractivity contribution >= 4 is 12.1 Å². The summed E-state index contributed by atoms with van der Waals surface area (Å²) >= 11 is 0. The van der Waals surface area contributed by atoms with E-state index in [0.717, 1.165) is 44.9 Å². The quantitative estimate of drug-likeness (QED) is 0.0531. The predicted molar refractivity (Wildman–Crippen MR) is 187 cm³/mol. The summed E-state index contributed by atoms with van der Waals surface area (Å²) < 4.78 is 10.5. The third-order valence-electron chi connectivity index (χ3n) is 8.20. The Morgan fingerprint density at radius 2 is 1.07 bits per heavy atom. The number of aliphatic hydroxyl groups excluding tert-OH is 2. The Kier molecular flexibility index (Phi) is 27.9. The molecule has 0 saturated heterocycles. The summed E-state index contributed by atoms with van der Waals surface area (Å²) in [7, 11) is 0. The van der Waals surface area contributed by atoms with Gasteiger partial charge in [0.25, 0.3) is 0 Å². The van der Waals surface area contributed by atoms with Crippen molar-refractivity contribution in [2.24, 2.45) is 0 Å². The first-order chi connectivity index (χ1) is 21.5. The average Bonchev–Trinajstić information content (AvgIpc) is 2.96. The first-order valence-corrected chi connectivity index (χ1v) is 18.8. The number of hydrogen-bond acceptors (Lipinski definition) is 7. The summed E-state index contributed by atoms with van der Waals surface area (Å²) in [5.41, 5.74) is -0.658. The second-order valence-corrected chi connectivity index (χ2v) is 14.0. The highest BCUT2D eigenvalue weighted by Crippen LogP contribution is 2.15. The summed E-state index contributed by atoms with van der Waals surface area (Å²) in [6.07, 6.45) is 21.9. The lowest BCUT2D eigenvalue weighted by molar-refractivity contribution is -0.145. The summed E-state index contributed by atoms with van der Waals surface area (Å²) in [5, 5.41) is 24.4. The van der Waals surface area contributed by atoms with E-state index < -0.39 is 35.9 Å². The molecular weight excluding hydrogens is 568 g/mol. The van der Waals surface area contributed by atoms with Crippen molar-refractivity contribution < 1.29 is 29.3 Å². The van der Waals surface area contributed by atoms with Crippen LogP contribution in [0.3, 0.4) is 0 Å². The molecule has 0 aliphatic rings. The van der Waals surface area contributed by atoms with E-state index in [1.165, 1.54) is 77.0 Å². The van der Waals surface area contributed by atoms with Gasteiger partial charge < -0.3 is 25.0 Å². The monoisotopic (exact) mass is 643 g/mol. The first kappa shape index (κ1) is 43.6. The van der Waals surface area contributed by atoms with E-state index in [4.69, 9.17) is 9.47 Å². The number of rotatable bonds is 30. The Bertz CT molecular complexity index is 671. The molecule has 0 aromatic carbocycles. The van der Waals surface area contributed by atoms with Crippen LogP contribution in [0.15, 0.2) is 0 Å². The lowest BCUT2D eigenvalue weighted by atomic mass is 10.0. The van der Waals surface area contributed by atoms with Crippen LogP contribution in [0.5, 0.6) is 0 Å². The van der Waals surface area contributed by atoms with Gasteiger partial charge in [0, 0.05) is 13.1 Å². The van der Waals surface area contributed by atoms with Crippen LogP contribution < -0.4 is 5.32 Å². The van der Waals surface area contributed by atoms with Gasteiger partial charge in [-0.2, -0.15) is 0 Å². The average molecular weight is 643 g/mol. The Balaban J connectivity index is 4.83. The highest BCUT2D eigenvalue weighted by Gasteiger charge is 2.25. The van der Waals surface area contributed by atoms with Crippen LogP contribution in [0.4, 0.5) is 4.79 Å². The van der Waals surface area contributed by atoms with Gasteiger partial charge in [0.15, 0.2) is 0 Å². The van der Waals surface area contributed by atoms with Gasteiger partial charge in [-0.25, -0.2) is 9.59 Å². The highest BCUT2D eigenvalue weighted by molar-refractivity contribution is 5.81. The number of nitrogens with one attached hydrogen (secondary N) is 1. The molecule has 0 aliphatic heterocycles. The number of nitrogens with zero attached hydrogens (tertiary/aromatic N) is 1. The molecule has 8 nitrogen and oxygen atoms in total. The molecule has 3 unspecified atom stereocenters. The Morgan fingerprint density at radius 3 is 1.49 bits per heavy atom. The third-order valence-corrected chi connectivity index (χ3v) is 8.20. The number of hydrogen-bond donors (Lipinski definition) is 3. The van der Waals surface area contributed by atoms with Crippen LogP contribution in [0.2, 0.25) is 0 Å². The van der Waals surface area contributed by atoms with Gasteiger partial charge in [0.2, 0.25) is 0 Å². The number of alkyl carbamates (subject to hydrolysis) is 1.